The van der Waals surface area contributed by atoms with Crippen LogP contribution in [0.4, 0.5) is 0 Å². The van der Waals surface area contributed by atoms with Gasteiger partial charge >= 0.3 is 0 Å². The highest BCUT2D eigenvalue weighted by Crippen LogP contribution is 2.27. The number of aromatic nitrogens is 3. The van der Waals surface area contributed by atoms with Gasteiger partial charge in [-0.2, -0.15) is 0 Å². The van der Waals surface area contributed by atoms with Gasteiger partial charge in [0.25, 0.3) is 5.56 Å². The van der Waals surface area contributed by atoms with Gasteiger partial charge in [-0.05, 0) is 17.0 Å². The average molecular weight is 293 g/mol. The normalized spacial score (nSPS) is 11.0. The molecular weight excluding hydrogens is 282 g/mol. The molecule has 0 unspecified atom stereocenters. The molecule has 0 atom stereocenters. The lowest BCUT2D eigenvalue weighted by Crippen LogP contribution is -2.16. The second-order valence-electron chi connectivity index (χ2n) is 4.67. The first-order valence-electron chi connectivity index (χ1n) is 6.53. The summed E-state index contributed by atoms with van der Waals surface area (Å²) in [6, 6.07) is 13.6. The SMILES string of the molecule is O=c1c(-c2ccccc2)cnc2c(-c3cccs3)c[nH]n12. The Balaban J connectivity index is 1.96. The zero-order chi connectivity index (χ0) is 14.2. The molecule has 21 heavy (non-hydrogen) atoms. The Morgan fingerprint density at radius 2 is 1.90 bits per heavy atom. The minimum atomic E-state index is -0.0889. The monoisotopic (exact) mass is 293 g/mol. The summed E-state index contributed by atoms with van der Waals surface area (Å²) in [5.41, 5.74) is 2.97. The number of H-pyrrole nitrogens is 1. The zero-order valence-electron chi connectivity index (χ0n) is 11.0. The minimum absolute atomic E-state index is 0.0889. The molecule has 3 heterocycles. The van der Waals surface area contributed by atoms with E-state index in [2.05, 4.69) is 10.1 Å². The third kappa shape index (κ3) is 1.90. The maximum absolute atomic E-state index is 12.6. The summed E-state index contributed by atoms with van der Waals surface area (Å²) in [4.78, 5) is 18.2. The van der Waals surface area contributed by atoms with Gasteiger partial charge in [-0.15, -0.1) is 11.3 Å². The third-order valence-corrected chi connectivity index (χ3v) is 4.31. The van der Waals surface area contributed by atoms with Gasteiger partial charge in [-0.1, -0.05) is 36.4 Å². The van der Waals surface area contributed by atoms with E-state index < -0.39 is 0 Å². The van der Waals surface area contributed by atoms with Crippen molar-refractivity contribution in [1.29, 1.82) is 0 Å². The molecule has 1 aromatic carbocycles. The van der Waals surface area contributed by atoms with Gasteiger partial charge < -0.3 is 0 Å². The van der Waals surface area contributed by atoms with Crippen LogP contribution in [0.15, 0.2) is 65.0 Å². The summed E-state index contributed by atoms with van der Waals surface area (Å²) in [6.07, 6.45) is 3.47. The first kappa shape index (κ1) is 12.1. The van der Waals surface area contributed by atoms with Gasteiger partial charge in [0.2, 0.25) is 0 Å². The van der Waals surface area contributed by atoms with Gasteiger partial charge in [0.1, 0.15) is 0 Å². The first-order valence-corrected chi connectivity index (χ1v) is 7.41. The van der Waals surface area contributed by atoms with E-state index in [1.54, 1.807) is 17.5 Å². The number of benzene rings is 1. The summed E-state index contributed by atoms with van der Waals surface area (Å²) < 4.78 is 1.50. The Morgan fingerprint density at radius 1 is 1.05 bits per heavy atom. The highest BCUT2D eigenvalue weighted by Gasteiger charge is 2.12. The summed E-state index contributed by atoms with van der Waals surface area (Å²) in [5.74, 6) is 0. The Morgan fingerprint density at radius 3 is 2.67 bits per heavy atom. The highest BCUT2D eigenvalue weighted by atomic mass is 32.1. The van der Waals surface area contributed by atoms with Crippen molar-refractivity contribution in [2.45, 2.75) is 0 Å². The van der Waals surface area contributed by atoms with E-state index >= 15 is 0 Å². The number of rotatable bonds is 2. The van der Waals surface area contributed by atoms with Crippen molar-refractivity contribution in [3.63, 3.8) is 0 Å². The van der Waals surface area contributed by atoms with Crippen molar-refractivity contribution >= 4 is 17.0 Å². The number of hydrogen-bond donors (Lipinski definition) is 1. The Kier molecular flexibility index (Phi) is 2.72. The molecule has 5 heteroatoms. The maximum atomic E-state index is 12.6. The van der Waals surface area contributed by atoms with Crippen molar-refractivity contribution in [3.8, 4) is 21.6 Å². The van der Waals surface area contributed by atoms with Gasteiger partial charge in [-0.3, -0.25) is 9.89 Å². The van der Waals surface area contributed by atoms with Crippen molar-refractivity contribution < 1.29 is 0 Å². The fourth-order valence-corrected chi connectivity index (χ4v) is 3.13. The van der Waals surface area contributed by atoms with E-state index in [-0.39, 0.29) is 5.56 Å². The Labute approximate surface area is 124 Å². The van der Waals surface area contributed by atoms with Crippen LogP contribution in [-0.2, 0) is 0 Å². The topological polar surface area (TPSA) is 50.2 Å². The molecule has 0 amide bonds. The molecule has 0 bridgehead atoms. The van der Waals surface area contributed by atoms with Crippen molar-refractivity contribution in [1.82, 2.24) is 14.6 Å². The van der Waals surface area contributed by atoms with E-state index in [0.29, 0.717) is 11.2 Å². The largest absolute Gasteiger partial charge is 0.296 e. The molecule has 4 rings (SSSR count). The molecule has 0 saturated heterocycles. The lowest BCUT2D eigenvalue weighted by molar-refractivity contribution is 0.902. The van der Waals surface area contributed by atoms with Gasteiger partial charge in [0.15, 0.2) is 5.65 Å². The summed E-state index contributed by atoms with van der Waals surface area (Å²) in [6.45, 7) is 0. The van der Waals surface area contributed by atoms with E-state index in [1.165, 1.54) is 4.52 Å². The van der Waals surface area contributed by atoms with Gasteiger partial charge in [-0.25, -0.2) is 9.50 Å². The summed E-state index contributed by atoms with van der Waals surface area (Å²) >= 11 is 1.63. The van der Waals surface area contributed by atoms with Crippen LogP contribution >= 0.6 is 11.3 Å². The van der Waals surface area contributed by atoms with Crippen LogP contribution < -0.4 is 5.56 Å². The minimum Gasteiger partial charge on any atom is -0.296 e. The molecule has 0 aliphatic rings. The molecule has 4 aromatic rings. The molecular formula is C16H11N3OS. The molecule has 0 radical (unpaired) electrons. The lowest BCUT2D eigenvalue weighted by Gasteiger charge is -2.01. The lowest BCUT2D eigenvalue weighted by atomic mass is 10.1. The maximum Gasteiger partial charge on any atom is 0.280 e. The summed E-state index contributed by atoms with van der Waals surface area (Å²) in [7, 11) is 0. The zero-order valence-corrected chi connectivity index (χ0v) is 11.8. The fraction of sp³-hybridized carbons (Fsp3) is 0. The Hall–Kier alpha value is -2.66. The third-order valence-electron chi connectivity index (χ3n) is 3.41. The molecule has 3 aromatic heterocycles. The number of hydrogen-bond acceptors (Lipinski definition) is 3. The van der Waals surface area contributed by atoms with Crippen LogP contribution in [0.25, 0.3) is 27.2 Å². The number of nitrogens with zero attached hydrogens (tertiary/aromatic N) is 2. The van der Waals surface area contributed by atoms with Crippen LogP contribution in [0.3, 0.4) is 0 Å². The van der Waals surface area contributed by atoms with E-state index in [9.17, 15) is 4.79 Å². The average Bonchev–Trinajstić information content (AvgIpc) is 3.17. The number of aromatic amines is 1. The smallest absolute Gasteiger partial charge is 0.280 e. The predicted octanol–water partition coefficient (Wildman–Crippen LogP) is 3.42. The molecule has 0 aliphatic heterocycles. The van der Waals surface area contributed by atoms with Crippen molar-refractivity contribution in [3.05, 3.63) is 70.6 Å². The predicted molar refractivity (Wildman–Crippen MR) is 84.6 cm³/mol. The number of nitrogens with one attached hydrogen (secondary N) is 1. The quantitative estimate of drug-likeness (QED) is 0.615. The molecule has 0 fully saturated rings. The second kappa shape index (κ2) is 4.71. The highest BCUT2D eigenvalue weighted by molar-refractivity contribution is 7.13. The van der Waals surface area contributed by atoms with Crippen LogP contribution in [0.5, 0.6) is 0 Å². The van der Waals surface area contributed by atoms with Crippen molar-refractivity contribution in [2.75, 3.05) is 0 Å². The molecule has 0 saturated carbocycles. The van der Waals surface area contributed by atoms with Gasteiger partial charge in [0.05, 0.1) is 11.1 Å². The molecule has 1 N–H and O–H groups in total. The van der Waals surface area contributed by atoms with Crippen LogP contribution in [0, 0.1) is 0 Å². The molecule has 0 aliphatic carbocycles. The van der Waals surface area contributed by atoms with Crippen LogP contribution in [0.2, 0.25) is 0 Å². The number of fused-ring (bicyclic) bond motifs is 1. The van der Waals surface area contributed by atoms with E-state index in [1.807, 2.05) is 54.0 Å². The van der Waals surface area contributed by atoms with E-state index in [0.717, 1.165) is 16.0 Å². The summed E-state index contributed by atoms with van der Waals surface area (Å²) in [5, 5.41) is 5.01. The van der Waals surface area contributed by atoms with Crippen LogP contribution in [-0.4, -0.2) is 14.6 Å². The number of thiophene rings is 1. The van der Waals surface area contributed by atoms with Gasteiger partial charge in [0, 0.05) is 17.3 Å². The van der Waals surface area contributed by atoms with E-state index in [4.69, 9.17) is 0 Å². The first-order chi connectivity index (χ1) is 10.3. The van der Waals surface area contributed by atoms with Crippen LogP contribution in [0.1, 0.15) is 0 Å². The molecule has 4 nitrogen and oxygen atoms in total. The molecule has 102 valence electrons. The second-order valence-corrected chi connectivity index (χ2v) is 5.61. The Bertz CT molecular complexity index is 952. The van der Waals surface area contributed by atoms with Crippen molar-refractivity contribution in [2.24, 2.45) is 0 Å². The standard InChI is InChI=1S/C16H11N3OS/c20-16-12(11-5-2-1-3-6-11)9-17-15-13(10-18-19(15)16)14-7-4-8-21-14/h1-10,18H. The fourth-order valence-electron chi connectivity index (χ4n) is 2.39. The molecule has 0 spiro atoms.